The lowest BCUT2D eigenvalue weighted by atomic mass is 10.1. The van der Waals surface area contributed by atoms with Crippen molar-refractivity contribution in [2.24, 2.45) is 0 Å². The largest absolute Gasteiger partial charge is 0.497 e. The molecule has 1 aliphatic carbocycles. The fourth-order valence-corrected chi connectivity index (χ4v) is 4.08. The lowest BCUT2D eigenvalue weighted by Gasteiger charge is -2.13. The number of fused-ring (bicyclic) bond motifs is 1. The van der Waals surface area contributed by atoms with E-state index in [1.807, 2.05) is 0 Å². The van der Waals surface area contributed by atoms with Crippen LogP contribution in [0.15, 0.2) is 64.4 Å². The highest BCUT2D eigenvalue weighted by molar-refractivity contribution is 6.33. The molecular weight excluding hydrogens is 432 g/mol. The van der Waals surface area contributed by atoms with Crippen molar-refractivity contribution in [3.05, 3.63) is 86.3 Å². The Labute approximate surface area is 187 Å². The van der Waals surface area contributed by atoms with Crippen LogP contribution in [0.4, 0.5) is 0 Å². The highest BCUT2D eigenvalue weighted by Crippen LogP contribution is 2.33. The molecule has 2 aromatic carbocycles. The molecule has 0 bridgehead atoms. The van der Waals surface area contributed by atoms with E-state index >= 15 is 0 Å². The van der Waals surface area contributed by atoms with Crippen LogP contribution in [-0.2, 0) is 6.54 Å². The van der Waals surface area contributed by atoms with Gasteiger partial charge in [-0.25, -0.2) is 14.3 Å². The van der Waals surface area contributed by atoms with E-state index in [0.717, 1.165) is 12.8 Å². The molecule has 2 heterocycles. The van der Waals surface area contributed by atoms with Crippen LogP contribution in [0.25, 0.3) is 16.9 Å². The molecule has 5 rings (SSSR count). The monoisotopic (exact) mass is 450 g/mol. The first-order valence-electron chi connectivity index (χ1n) is 10.1. The summed E-state index contributed by atoms with van der Waals surface area (Å²) < 4.78 is 9.44. The normalized spacial score (nSPS) is 13.4. The number of methoxy groups -OCH3 is 1. The Kier molecular flexibility index (Phi) is 4.94. The number of rotatable bonds is 6. The van der Waals surface area contributed by atoms with Crippen molar-refractivity contribution < 1.29 is 9.53 Å². The number of carbonyl (C=O) groups is 1. The van der Waals surface area contributed by atoms with Gasteiger partial charge in [0, 0.05) is 17.7 Å². The maximum atomic E-state index is 13.3. The Bertz CT molecular complexity index is 1480. The van der Waals surface area contributed by atoms with Crippen molar-refractivity contribution in [2.75, 3.05) is 7.11 Å². The summed E-state index contributed by atoms with van der Waals surface area (Å²) in [6, 6.07) is 13.6. The highest BCUT2D eigenvalue weighted by Gasteiger charge is 2.31. The maximum absolute atomic E-state index is 13.3. The molecular formula is C23H19ClN4O4. The fourth-order valence-electron chi connectivity index (χ4n) is 3.84. The first-order chi connectivity index (χ1) is 15.5. The minimum atomic E-state index is -0.457. The van der Waals surface area contributed by atoms with Gasteiger partial charge in [-0.1, -0.05) is 29.8 Å². The van der Waals surface area contributed by atoms with Gasteiger partial charge < -0.3 is 9.30 Å². The number of halogens is 1. The molecule has 1 saturated carbocycles. The quantitative estimate of drug-likeness (QED) is 0.421. The van der Waals surface area contributed by atoms with E-state index in [1.165, 1.54) is 27.1 Å². The average Bonchev–Trinajstić information content (AvgIpc) is 3.54. The topological polar surface area (TPSA) is 88.1 Å². The van der Waals surface area contributed by atoms with E-state index in [0.29, 0.717) is 22.0 Å². The number of nitrogens with zero attached hydrogens (tertiary/aromatic N) is 4. The van der Waals surface area contributed by atoms with E-state index in [1.54, 1.807) is 48.5 Å². The summed E-state index contributed by atoms with van der Waals surface area (Å²) in [5.74, 6) is 0.312. The van der Waals surface area contributed by atoms with Gasteiger partial charge in [-0.3, -0.25) is 14.2 Å². The first-order valence-corrected chi connectivity index (χ1v) is 10.5. The smallest absolute Gasteiger partial charge is 0.337 e. The molecule has 0 N–H and O–H groups in total. The van der Waals surface area contributed by atoms with Crippen LogP contribution >= 0.6 is 11.6 Å². The second-order valence-electron chi connectivity index (χ2n) is 7.67. The molecule has 1 aliphatic rings. The Morgan fingerprint density at radius 3 is 2.66 bits per heavy atom. The molecule has 2 aromatic heterocycles. The van der Waals surface area contributed by atoms with Crippen molar-refractivity contribution in [1.29, 1.82) is 0 Å². The third-order valence-corrected chi connectivity index (χ3v) is 5.89. The third kappa shape index (κ3) is 3.33. The zero-order chi connectivity index (χ0) is 22.4. The van der Waals surface area contributed by atoms with Crippen LogP contribution in [-0.4, -0.2) is 31.6 Å². The maximum Gasteiger partial charge on any atom is 0.337 e. The lowest BCUT2D eigenvalue weighted by molar-refractivity contribution is 0.0973. The molecule has 4 aromatic rings. The number of aromatic nitrogens is 4. The van der Waals surface area contributed by atoms with Gasteiger partial charge in [0.1, 0.15) is 5.75 Å². The van der Waals surface area contributed by atoms with E-state index in [-0.39, 0.29) is 29.5 Å². The summed E-state index contributed by atoms with van der Waals surface area (Å²) in [6.45, 7) is -0.129. The van der Waals surface area contributed by atoms with E-state index in [9.17, 15) is 14.4 Å². The predicted molar refractivity (Wildman–Crippen MR) is 120 cm³/mol. The molecule has 9 heteroatoms. The van der Waals surface area contributed by atoms with Crippen molar-refractivity contribution in [3.8, 4) is 11.4 Å². The van der Waals surface area contributed by atoms with Gasteiger partial charge in [-0.15, -0.1) is 0 Å². The summed E-state index contributed by atoms with van der Waals surface area (Å²) in [5.41, 5.74) is 0.366. The number of benzene rings is 2. The van der Waals surface area contributed by atoms with Crippen LogP contribution in [0, 0.1) is 0 Å². The van der Waals surface area contributed by atoms with Crippen LogP contribution in [0.2, 0.25) is 5.02 Å². The molecule has 0 spiro atoms. The Morgan fingerprint density at radius 1 is 1.16 bits per heavy atom. The van der Waals surface area contributed by atoms with Gasteiger partial charge in [-0.05, 0) is 37.1 Å². The van der Waals surface area contributed by atoms with Crippen LogP contribution in [0.1, 0.15) is 29.2 Å². The summed E-state index contributed by atoms with van der Waals surface area (Å²) in [4.78, 5) is 43.9. The number of carbonyl (C=O) groups excluding carboxylic acids is 1. The molecule has 0 unspecified atom stereocenters. The minimum absolute atomic E-state index is 0.129. The molecule has 8 nitrogen and oxygen atoms in total. The molecule has 32 heavy (non-hydrogen) atoms. The summed E-state index contributed by atoms with van der Waals surface area (Å²) in [7, 11) is 1.54. The van der Waals surface area contributed by atoms with Crippen LogP contribution < -0.4 is 16.0 Å². The molecule has 162 valence electrons. The lowest BCUT2D eigenvalue weighted by Crippen LogP contribution is -2.39. The van der Waals surface area contributed by atoms with E-state index < -0.39 is 11.2 Å². The Balaban J connectivity index is 1.72. The second kappa shape index (κ2) is 7.80. The zero-order valence-electron chi connectivity index (χ0n) is 17.2. The molecule has 0 aliphatic heterocycles. The van der Waals surface area contributed by atoms with Crippen molar-refractivity contribution >= 4 is 28.5 Å². The highest BCUT2D eigenvalue weighted by atomic mass is 35.5. The number of hydrogen-bond donors (Lipinski definition) is 0. The van der Waals surface area contributed by atoms with Crippen molar-refractivity contribution in [2.45, 2.75) is 25.4 Å². The minimum Gasteiger partial charge on any atom is -0.497 e. The molecule has 0 radical (unpaired) electrons. The fraction of sp³-hybridized carbons (Fsp3) is 0.217. The van der Waals surface area contributed by atoms with Crippen LogP contribution in [0.3, 0.4) is 0 Å². The van der Waals surface area contributed by atoms with Crippen molar-refractivity contribution in [1.82, 2.24) is 18.7 Å². The molecule has 1 fully saturated rings. The number of Topliss-reactive ketones (excluding diaryl/α,β-unsaturated/α-hetero) is 1. The first kappa shape index (κ1) is 20.3. The van der Waals surface area contributed by atoms with Gasteiger partial charge in [0.15, 0.2) is 16.9 Å². The van der Waals surface area contributed by atoms with Gasteiger partial charge in [0.05, 0.1) is 30.7 Å². The van der Waals surface area contributed by atoms with Crippen molar-refractivity contribution in [3.63, 3.8) is 0 Å². The zero-order valence-corrected chi connectivity index (χ0v) is 18.0. The van der Waals surface area contributed by atoms with E-state index in [2.05, 4.69) is 4.98 Å². The standard InChI is InChI=1S/C23H19ClN4O4/c1-32-16-6-4-5-15(11-16)27-21-20(22(30)28(23(27)31)14-9-10-14)26(13-25-21)12-19(29)17-7-2-3-8-18(17)24/h2-8,11,13-14H,9-10,12H2,1H3. The van der Waals surface area contributed by atoms with Gasteiger partial charge in [-0.2, -0.15) is 0 Å². The number of imidazole rings is 1. The van der Waals surface area contributed by atoms with Gasteiger partial charge in [0.2, 0.25) is 0 Å². The Hall–Kier alpha value is -3.65. The Morgan fingerprint density at radius 2 is 1.94 bits per heavy atom. The van der Waals surface area contributed by atoms with Gasteiger partial charge in [0.25, 0.3) is 5.56 Å². The SMILES string of the molecule is COc1cccc(-n2c(=O)n(C3CC3)c(=O)c3c2ncn3CC(=O)c2ccccc2Cl)c1. The van der Waals surface area contributed by atoms with Gasteiger partial charge >= 0.3 is 5.69 Å². The summed E-state index contributed by atoms with van der Waals surface area (Å²) in [6.07, 6.45) is 2.92. The van der Waals surface area contributed by atoms with Crippen LogP contribution in [0.5, 0.6) is 5.75 Å². The van der Waals surface area contributed by atoms with E-state index in [4.69, 9.17) is 16.3 Å². The second-order valence-corrected chi connectivity index (χ2v) is 8.08. The molecule has 0 amide bonds. The summed E-state index contributed by atoms with van der Waals surface area (Å²) >= 11 is 6.17. The number of ether oxygens (including phenoxy) is 1. The average molecular weight is 451 g/mol. The molecule has 0 atom stereocenters. The number of hydrogen-bond acceptors (Lipinski definition) is 5. The third-order valence-electron chi connectivity index (χ3n) is 5.56. The predicted octanol–water partition coefficient (Wildman–Crippen LogP) is 3.23. The summed E-state index contributed by atoms with van der Waals surface area (Å²) in [5, 5.41) is 0.339. The molecule has 0 saturated heterocycles. The number of ketones is 1.